The number of rotatable bonds is 8. The van der Waals surface area contributed by atoms with Crippen LogP contribution in [0.3, 0.4) is 0 Å². The van der Waals surface area contributed by atoms with Crippen molar-refractivity contribution in [3.05, 3.63) is 99.3 Å². The summed E-state index contributed by atoms with van der Waals surface area (Å²) in [7, 11) is 1.48. The molecule has 0 bridgehead atoms. The maximum atomic E-state index is 13.9. The quantitative estimate of drug-likeness (QED) is 0.301. The van der Waals surface area contributed by atoms with Crippen molar-refractivity contribution in [3.8, 4) is 17.6 Å². The monoisotopic (exact) mass is 508 g/mol. The number of benzene rings is 3. The van der Waals surface area contributed by atoms with Gasteiger partial charge in [-0.1, -0.05) is 48.5 Å². The van der Waals surface area contributed by atoms with Gasteiger partial charge < -0.3 is 14.8 Å². The van der Waals surface area contributed by atoms with Crippen LogP contribution >= 0.6 is 15.9 Å². The van der Waals surface area contributed by atoms with Crippen molar-refractivity contribution in [2.24, 2.45) is 0 Å². The predicted octanol–water partition coefficient (Wildman–Crippen LogP) is 5.96. The number of carbonyl (C=O) groups is 1. The molecule has 0 fully saturated rings. The molecule has 0 spiro atoms. The number of hydrogen-bond donors (Lipinski definition) is 1. The molecule has 168 valence electrons. The van der Waals surface area contributed by atoms with E-state index in [0.717, 1.165) is 5.56 Å². The molecule has 0 saturated heterocycles. The van der Waals surface area contributed by atoms with Gasteiger partial charge in [0.15, 0.2) is 11.5 Å². The number of hydrogen-bond acceptors (Lipinski definition) is 4. The fourth-order valence-corrected chi connectivity index (χ4v) is 3.72. The highest BCUT2D eigenvalue weighted by Crippen LogP contribution is 2.38. The molecule has 5 nitrogen and oxygen atoms in total. The second kappa shape index (κ2) is 11.3. The molecule has 0 radical (unpaired) electrons. The first-order valence-electron chi connectivity index (χ1n) is 10.1. The smallest absolute Gasteiger partial charge is 0.262 e. The van der Waals surface area contributed by atoms with E-state index in [9.17, 15) is 14.4 Å². The Labute approximate surface area is 200 Å². The van der Waals surface area contributed by atoms with Gasteiger partial charge >= 0.3 is 0 Å². The summed E-state index contributed by atoms with van der Waals surface area (Å²) in [6.45, 7) is 1.86. The summed E-state index contributed by atoms with van der Waals surface area (Å²) in [5.41, 5.74) is 1.86. The minimum atomic E-state index is -0.483. The van der Waals surface area contributed by atoms with E-state index in [1.807, 2.05) is 43.3 Å². The molecular formula is C26H22BrFN2O3. The highest BCUT2D eigenvalue weighted by molar-refractivity contribution is 9.10. The van der Waals surface area contributed by atoms with Gasteiger partial charge in [-0.05, 0) is 58.3 Å². The molecule has 0 heterocycles. The number of amides is 1. The van der Waals surface area contributed by atoms with Crippen LogP contribution < -0.4 is 14.8 Å². The second-order valence-electron chi connectivity index (χ2n) is 7.19. The maximum Gasteiger partial charge on any atom is 0.262 e. The van der Waals surface area contributed by atoms with E-state index in [-0.39, 0.29) is 24.0 Å². The van der Waals surface area contributed by atoms with E-state index < -0.39 is 5.91 Å². The third kappa shape index (κ3) is 6.21. The lowest BCUT2D eigenvalue weighted by Crippen LogP contribution is -2.27. The van der Waals surface area contributed by atoms with Crippen LogP contribution in [0.1, 0.15) is 29.7 Å². The summed E-state index contributed by atoms with van der Waals surface area (Å²) >= 11 is 3.44. The van der Waals surface area contributed by atoms with Crippen LogP contribution in [-0.4, -0.2) is 13.0 Å². The van der Waals surface area contributed by atoms with Gasteiger partial charge in [0.05, 0.1) is 17.6 Å². The van der Waals surface area contributed by atoms with Gasteiger partial charge in [-0.15, -0.1) is 0 Å². The lowest BCUT2D eigenvalue weighted by atomic mass is 10.1. The van der Waals surface area contributed by atoms with Crippen LogP contribution in [-0.2, 0) is 11.4 Å². The minimum Gasteiger partial charge on any atom is -0.493 e. The highest BCUT2D eigenvalue weighted by atomic mass is 79.9. The third-order valence-corrected chi connectivity index (χ3v) is 5.49. The van der Waals surface area contributed by atoms with Crippen molar-refractivity contribution >= 4 is 27.9 Å². The summed E-state index contributed by atoms with van der Waals surface area (Å²) in [5, 5.41) is 12.4. The molecule has 3 aromatic rings. The van der Waals surface area contributed by atoms with Gasteiger partial charge in [-0.2, -0.15) is 5.26 Å². The van der Waals surface area contributed by atoms with Crippen molar-refractivity contribution in [2.45, 2.75) is 19.6 Å². The average Bonchev–Trinajstić information content (AvgIpc) is 2.82. The Balaban J connectivity index is 1.80. The van der Waals surface area contributed by atoms with E-state index >= 15 is 0 Å². The molecule has 3 rings (SSSR count). The Bertz CT molecular complexity index is 1210. The molecule has 1 amide bonds. The number of nitrogens with zero attached hydrogens (tertiary/aromatic N) is 1. The fourth-order valence-electron chi connectivity index (χ4n) is 3.14. The SMILES string of the molecule is COc1cc(/C=C(/C#N)C(=O)N[C@H](C)c2ccccc2)cc(Br)c1OCc1ccccc1F. The van der Waals surface area contributed by atoms with Crippen molar-refractivity contribution < 1.29 is 18.7 Å². The van der Waals surface area contributed by atoms with Crippen LogP contribution in [0, 0.1) is 17.1 Å². The van der Waals surface area contributed by atoms with E-state index in [4.69, 9.17) is 9.47 Å². The summed E-state index contributed by atoms with van der Waals surface area (Å²) in [6.07, 6.45) is 1.47. The molecule has 1 atom stereocenters. The fraction of sp³-hybridized carbons (Fsp3) is 0.154. The van der Waals surface area contributed by atoms with Crippen molar-refractivity contribution in [2.75, 3.05) is 7.11 Å². The number of ether oxygens (including phenoxy) is 2. The average molecular weight is 509 g/mol. The third-order valence-electron chi connectivity index (χ3n) is 4.90. The molecule has 0 aliphatic rings. The van der Waals surface area contributed by atoms with Crippen molar-refractivity contribution in [1.82, 2.24) is 5.32 Å². The maximum absolute atomic E-state index is 13.9. The summed E-state index contributed by atoms with van der Waals surface area (Å²) < 4.78 is 25.6. The zero-order valence-electron chi connectivity index (χ0n) is 18.1. The van der Waals surface area contributed by atoms with E-state index in [1.54, 1.807) is 30.3 Å². The second-order valence-corrected chi connectivity index (χ2v) is 8.04. The molecule has 0 unspecified atom stereocenters. The van der Waals surface area contributed by atoms with E-state index in [1.165, 1.54) is 19.3 Å². The number of nitriles is 1. The number of nitrogens with one attached hydrogen (secondary N) is 1. The first kappa shape index (κ1) is 24.0. The molecular weight excluding hydrogens is 487 g/mol. The van der Waals surface area contributed by atoms with Crippen LogP contribution in [0.25, 0.3) is 6.08 Å². The molecule has 0 aromatic heterocycles. The van der Waals surface area contributed by atoms with Crippen LogP contribution in [0.4, 0.5) is 4.39 Å². The van der Waals surface area contributed by atoms with Gasteiger partial charge in [0, 0.05) is 5.56 Å². The highest BCUT2D eigenvalue weighted by Gasteiger charge is 2.16. The van der Waals surface area contributed by atoms with Crippen LogP contribution in [0.15, 0.2) is 76.8 Å². The minimum absolute atomic E-state index is 0.0139. The Morgan fingerprint density at radius 1 is 1.18 bits per heavy atom. The Morgan fingerprint density at radius 3 is 2.55 bits per heavy atom. The molecule has 1 N–H and O–H groups in total. The normalized spacial score (nSPS) is 11.9. The van der Waals surface area contributed by atoms with Crippen molar-refractivity contribution in [3.63, 3.8) is 0 Å². The predicted molar refractivity (Wildman–Crippen MR) is 128 cm³/mol. The van der Waals surface area contributed by atoms with E-state index in [0.29, 0.717) is 27.1 Å². The molecule has 0 saturated carbocycles. The van der Waals surface area contributed by atoms with Crippen LogP contribution in [0.2, 0.25) is 0 Å². The molecule has 0 aliphatic carbocycles. The summed E-state index contributed by atoms with van der Waals surface area (Å²) in [6, 6.07) is 20.9. The zero-order chi connectivity index (χ0) is 23.8. The van der Waals surface area contributed by atoms with Gasteiger partial charge in [-0.25, -0.2) is 4.39 Å². The molecule has 33 heavy (non-hydrogen) atoms. The number of carbonyl (C=O) groups excluding carboxylic acids is 1. The standard InChI is InChI=1S/C26H22BrFN2O3/c1-17(19-8-4-3-5-9-19)30-26(31)21(15-29)12-18-13-22(27)25(24(14-18)32-2)33-16-20-10-6-7-11-23(20)28/h3-14,17H,16H2,1-2H3,(H,30,31)/b21-12-/t17-/m1/s1. The van der Waals surface area contributed by atoms with Gasteiger partial charge in [0.25, 0.3) is 5.91 Å². The van der Waals surface area contributed by atoms with Crippen LogP contribution in [0.5, 0.6) is 11.5 Å². The van der Waals surface area contributed by atoms with Crippen molar-refractivity contribution in [1.29, 1.82) is 5.26 Å². The largest absolute Gasteiger partial charge is 0.493 e. The van der Waals surface area contributed by atoms with Gasteiger partial charge in [0.1, 0.15) is 24.1 Å². The molecule has 0 aliphatic heterocycles. The lowest BCUT2D eigenvalue weighted by Gasteiger charge is -2.15. The topological polar surface area (TPSA) is 71.3 Å². The molecule has 3 aromatic carbocycles. The lowest BCUT2D eigenvalue weighted by molar-refractivity contribution is -0.117. The Hall–Kier alpha value is -3.63. The first-order valence-corrected chi connectivity index (χ1v) is 10.9. The summed E-state index contributed by atoms with van der Waals surface area (Å²) in [4.78, 5) is 12.7. The Kier molecular flexibility index (Phi) is 8.22. The number of halogens is 2. The van der Waals surface area contributed by atoms with E-state index in [2.05, 4.69) is 21.2 Å². The Morgan fingerprint density at radius 2 is 1.88 bits per heavy atom. The first-order chi connectivity index (χ1) is 15.9. The summed E-state index contributed by atoms with van der Waals surface area (Å²) in [5.74, 6) is -0.0775. The van der Waals surface area contributed by atoms with Gasteiger partial charge in [0.2, 0.25) is 0 Å². The number of methoxy groups -OCH3 is 1. The molecule has 7 heteroatoms. The zero-order valence-corrected chi connectivity index (χ0v) is 19.7. The van der Waals surface area contributed by atoms with Gasteiger partial charge in [-0.3, -0.25) is 4.79 Å².